The third kappa shape index (κ3) is 4.70. The van der Waals surface area contributed by atoms with Crippen molar-refractivity contribution in [3.8, 4) is 5.75 Å². The summed E-state index contributed by atoms with van der Waals surface area (Å²) in [5, 5.41) is 2.95. The molecule has 0 aliphatic carbocycles. The number of rotatable bonds is 6. The van der Waals surface area contributed by atoms with Gasteiger partial charge in [0, 0.05) is 10.9 Å². The minimum absolute atomic E-state index is 0.0263. The van der Waals surface area contributed by atoms with Crippen molar-refractivity contribution in [3.05, 3.63) is 24.3 Å². The van der Waals surface area contributed by atoms with Crippen molar-refractivity contribution in [1.82, 2.24) is 16.2 Å². The lowest BCUT2D eigenvalue weighted by Crippen LogP contribution is -2.44. The summed E-state index contributed by atoms with van der Waals surface area (Å²) >= 11 is 1.52. The van der Waals surface area contributed by atoms with Crippen LogP contribution in [-0.2, 0) is 4.79 Å². The molecule has 0 spiro atoms. The van der Waals surface area contributed by atoms with E-state index < -0.39 is 0 Å². The molecule has 110 valence electrons. The SMILES string of the molecule is CCOc1ccc(SCC(=O)NC2CC(C)NN2)cc1. The molecule has 1 saturated heterocycles. The van der Waals surface area contributed by atoms with Gasteiger partial charge < -0.3 is 10.1 Å². The van der Waals surface area contributed by atoms with Crippen LogP contribution >= 0.6 is 11.8 Å². The Labute approximate surface area is 123 Å². The van der Waals surface area contributed by atoms with Crippen molar-refractivity contribution in [2.24, 2.45) is 0 Å². The summed E-state index contributed by atoms with van der Waals surface area (Å²) in [4.78, 5) is 12.9. The molecule has 1 aliphatic heterocycles. The highest BCUT2D eigenvalue weighted by atomic mass is 32.2. The molecule has 3 N–H and O–H groups in total. The molecule has 1 aromatic carbocycles. The largest absolute Gasteiger partial charge is 0.494 e. The van der Waals surface area contributed by atoms with Gasteiger partial charge in [-0.15, -0.1) is 11.8 Å². The third-order valence-electron chi connectivity index (χ3n) is 2.93. The maximum Gasteiger partial charge on any atom is 0.231 e. The Kier molecular flexibility index (Phi) is 5.70. The van der Waals surface area contributed by atoms with Gasteiger partial charge >= 0.3 is 0 Å². The first-order chi connectivity index (χ1) is 9.67. The quantitative estimate of drug-likeness (QED) is 0.694. The monoisotopic (exact) mass is 295 g/mol. The Bertz CT molecular complexity index is 439. The molecule has 2 rings (SSSR count). The fraction of sp³-hybridized carbons (Fsp3) is 0.500. The Morgan fingerprint density at radius 1 is 1.40 bits per heavy atom. The summed E-state index contributed by atoms with van der Waals surface area (Å²) in [7, 11) is 0. The van der Waals surface area contributed by atoms with Crippen LogP contribution in [0.25, 0.3) is 0 Å². The van der Waals surface area contributed by atoms with Crippen LogP contribution in [0.15, 0.2) is 29.2 Å². The highest BCUT2D eigenvalue weighted by Crippen LogP contribution is 2.21. The second-order valence-electron chi connectivity index (χ2n) is 4.74. The molecular formula is C14H21N3O2S. The molecule has 2 atom stereocenters. The first-order valence-corrected chi connectivity index (χ1v) is 7.82. The van der Waals surface area contributed by atoms with E-state index in [1.54, 1.807) is 0 Å². The Hall–Kier alpha value is -1.24. The predicted molar refractivity (Wildman–Crippen MR) is 80.6 cm³/mol. The number of amides is 1. The van der Waals surface area contributed by atoms with Crippen LogP contribution in [-0.4, -0.2) is 30.5 Å². The van der Waals surface area contributed by atoms with E-state index in [0.717, 1.165) is 17.1 Å². The zero-order chi connectivity index (χ0) is 14.4. The number of hydrazine groups is 1. The molecular weight excluding hydrogens is 274 g/mol. The van der Waals surface area contributed by atoms with Gasteiger partial charge in [-0.25, -0.2) is 5.43 Å². The minimum atomic E-state index is 0.0263. The Morgan fingerprint density at radius 3 is 2.75 bits per heavy atom. The zero-order valence-corrected chi connectivity index (χ0v) is 12.6. The van der Waals surface area contributed by atoms with Gasteiger partial charge in [-0.2, -0.15) is 0 Å². The average Bonchev–Trinajstić information content (AvgIpc) is 2.84. The summed E-state index contributed by atoms with van der Waals surface area (Å²) in [6.45, 7) is 4.70. The number of nitrogens with one attached hydrogen (secondary N) is 3. The van der Waals surface area contributed by atoms with E-state index in [0.29, 0.717) is 18.4 Å². The van der Waals surface area contributed by atoms with E-state index in [9.17, 15) is 4.79 Å². The maximum absolute atomic E-state index is 11.8. The summed E-state index contributed by atoms with van der Waals surface area (Å²) in [5.74, 6) is 1.31. The van der Waals surface area contributed by atoms with Gasteiger partial charge in [0.15, 0.2) is 0 Å². The molecule has 0 saturated carbocycles. The molecule has 0 aromatic heterocycles. The number of hydrogen-bond acceptors (Lipinski definition) is 5. The van der Waals surface area contributed by atoms with Crippen molar-refractivity contribution in [3.63, 3.8) is 0 Å². The number of ether oxygens (including phenoxy) is 1. The van der Waals surface area contributed by atoms with Gasteiger partial charge in [0.25, 0.3) is 0 Å². The Morgan fingerprint density at radius 2 is 2.15 bits per heavy atom. The molecule has 20 heavy (non-hydrogen) atoms. The van der Waals surface area contributed by atoms with Crippen molar-refractivity contribution in [2.45, 2.75) is 37.4 Å². The second-order valence-corrected chi connectivity index (χ2v) is 5.79. The van der Waals surface area contributed by atoms with E-state index in [2.05, 4.69) is 23.1 Å². The highest BCUT2D eigenvalue weighted by molar-refractivity contribution is 8.00. The van der Waals surface area contributed by atoms with Gasteiger partial charge in [0.2, 0.25) is 5.91 Å². The molecule has 1 fully saturated rings. The number of benzene rings is 1. The van der Waals surface area contributed by atoms with Gasteiger partial charge in [-0.3, -0.25) is 10.2 Å². The van der Waals surface area contributed by atoms with E-state index >= 15 is 0 Å². The third-order valence-corrected chi connectivity index (χ3v) is 3.95. The molecule has 1 aliphatic rings. The lowest BCUT2D eigenvalue weighted by atomic mass is 10.2. The lowest BCUT2D eigenvalue weighted by Gasteiger charge is -2.11. The van der Waals surface area contributed by atoms with Crippen molar-refractivity contribution in [1.29, 1.82) is 0 Å². The molecule has 1 amide bonds. The van der Waals surface area contributed by atoms with E-state index in [4.69, 9.17) is 4.74 Å². The maximum atomic E-state index is 11.8. The van der Waals surface area contributed by atoms with Crippen molar-refractivity contribution < 1.29 is 9.53 Å². The van der Waals surface area contributed by atoms with Crippen molar-refractivity contribution in [2.75, 3.05) is 12.4 Å². The molecule has 6 heteroatoms. The summed E-state index contributed by atoms with van der Waals surface area (Å²) in [5.41, 5.74) is 6.13. The number of hydrogen-bond donors (Lipinski definition) is 3. The van der Waals surface area contributed by atoms with E-state index in [-0.39, 0.29) is 12.1 Å². The summed E-state index contributed by atoms with van der Waals surface area (Å²) < 4.78 is 5.38. The fourth-order valence-corrected chi connectivity index (χ4v) is 2.70. The second kappa shape index (κ2) is 7.52. The summed E-state index contributed by atoms with van der Waals surface area (Å²) in [6, 6.07) is 8.18. The normalized spacial score (nSPS) is 21.7. The van der Waals surface area contributed by atoms with E-state index in [1.165, 1.54) is 11.8 Å². The average molecular weight is 295 g/mol. The van der Waals surface area contributed by atoms with E-state index in [1.807, 2.05) is 31.2 Å². The first-order valence-electron chi connectivity index (χ1n) is 6.83. The molecule has 1 heterocycles. The smallest absolute Gasteiger partial charge is 0.231 e. The highest BCUT2D eigenvalue weighted by Gasteiger charge is 2.21. The van der Waals surface area contributed by atoms with Crippen LogP contribution in [0.5, 0.6) is 5.75 Å². The zero-order valence-electron chi connectivity index (χ0n) is 11.8. The standard InChI is InChI=1S/C14H21N3O2S/c1-3-19-11-4-6-12(7-5-11)20-9-14(18)15-13-8-10(2)16-17-13/h4-7,10,13,16-17H,3,8-9H2,1-2H3,(H,15,18). The first kappa shape index (κ1) is 15.2. The topological polar surface area (TPSA) is 62.4 Å². The van der Waals surface area contributed by atoms with Crippen LogP contribution in [0.3, 0.4) is 0 Å². The molecule has 1 aromatic rings. The molecule has 2 unspecified atom stereocenters. The minimum Gasteiger partial charge on any atom is -0.494 e. The van der Waals surface area contributed by atoms with Crippen LogP contribution in [0.2, 0.25) is 0 Å². The number of carbonyl (C=O) groups is 1. The molecule has 0 bridgehead atoms. The van der Waals surface area contributed by atoms with Crippen LogP contribution in [0, 0.1) is 0 Å². The van der Waals surface area contributed by atoms with Gasteiger partial charge in [0.1, 0.15) is 5.75 Å². The number of thioether (sulfide) groups is 1. The van der Waals surface area contributed by atoms with Crippen LogP contribution < -0.4 is 20.9 Å². The molecule has 0 radical (unpaired) electrons. The van der Waals surface area contributed by atoms with Crippen molar-refractivity contribution >= 4 is 17.7 Å². The Balaban J connectivity index is 1.72. The van der Waals surface area contributed by atoms with Gasteiger partial charge in [0.05, 0.1) is 18.5 Å². The van der Waals surface area contributed by atoms with Gasteiger partial charge in [-0.05, 0) is 44.5 Å². The summed E-state index contributed by atoms with van der Waals surface area (Å²) in [6.07, 6.45) is 0.929. The number of carbonyl (C=O) groups excluding carboxylic acids is 1. The predicted octanol–water partition coefficient (Wildman–Crippen LogP) is 1.51. The fourth-order valence-electron chi connectivity index (χ4n) is 1.99. The van der Waals surface area contributed by atoms with Crippen LogP contribution in [0.4, 0.5) is 0 Å². The van der Waals surface area contributed by atoms with Crippen LogP contribution in [0.1, 0.15) is 20.3 Å². The van der Waals surface area contributed by atoms with Gasteiger partial charge in [-0.1, -0.05) is 0 Å². The lowest BCUT2D eigenvalue weighted by molar-refractivity contribution is -0.119. The molecule has 5 nitrogen and oxygen atoms in total.